The van der Waals surface area contributed by atoms with Crippen LogP contribution in [-0.2, 0) is 0 Å². The Hall–Kier alpha value is -3.07. The van der Waals surface area contributed by atoms with E-state index in [9.17, 15) is 4.79 Å². The van der Waals surface area contributed by atoms with Crippen molar-refractivity contribution in [2.45, 2.75) is 13.8 Å². The molecule has 0 unspecified atom stereocenters. The second-order valence-electron chi connectivity index (χ2n) is 5.92. The van der Waals surface area contributed by atoms with Crippen molar-refractivity contribution < 1.29 is 4.42 Å². The molecule has 2 aromatic carbocycles. The van der Waals surface area contributed by atoms with Gasteiger partial charge < -0.3 is 8.98 Å². The number of rotatable bonds is 2. The highest BCUT2D eigenvalue weighted by atomic mass is 16.3. The number of benzene rings is 2. The van der Waals surface area contributed by atoms with Crippen molar-refractivity contribution in [3.63, 3.8) is 0 Å². The van der Waals surface area contributed by atoms with Crippen LogP contribution in [0.15, 0.2) is 75.9 Å². The maximum atomic E-state index is 13.2. The summed E-state index contributed by atoms with van der Waals surface area (Å²) in [4.78, 5) is 13.2. The van der Waals surface area contributed by atoms with Crippen molar-refractivity contribution in [1.29, 1.82) is 0 Å². The van der Waals surface area contributed by atoms with Crippen molar-refractivity contribution in [3.05, 3.63) is 88.3 Å². The van der Waals surface area contributed by atoms with Gasteiger partial charge in [-0.05, 0) is 38.1 Å². The number of hydrogen-bond donors (Lipinski definition) is 0. The van der Waals surface area contributed by atoms with E-state index in [2.05, 4.69) is 0 Å². The molecule has 0 N–H and O–H groups in total. The summed E-state index contributed by atoms with van der Waals surface area (Å²) in [5, 5.41) is 0.597. The largest absolute Gasteiger partial charge is 0.454 e. The van der Waals surface area contributed by atoms with Crippen LogP contribution in [0.25, 0.3) is 28.0 Å². The number of para-hydroxylation sites is 1. The fraction of sp³-hybridized carbons (Fsp3) is 0.0952. The Labute approximate surface area is 139 Å². The van der Waals surface area contributed by atoms with Crippen LogP contribution in [0.3, 0.4) is 0 Å². The smallest absolute Gasteiger partial charge is 0.217 e. The summed E-state index contributed by atoms with van der Waals surface area (Å²) in [7, 11) is 0. The highest BCUT2D eigenvalue weighted by Crippen LogP contribution is 2.30. The van der Waals surface area contributed by atoms with Gasteiger partial charge in [-0.3, -0.25) is 4.79 Å². The minimum absolute atomic E-state index is 0.0156. The third-order valence-corrected chi connectivity index (χ3v) is 4.30. The molecule has 0 aliphatic heterocycles. The van der Waals surface area contributed by atoms with E-state index in [4.69, 9.17) is 4.42 Å². The first kappa shape index (κ1) is 14.5. The fourth-order valence-corrected chi connectivity index (χ4v) is 3.14. The Kier molecular flexibility index (Phi) is 3.35. The van der Waals surface area contributed by atoms with Gasteiger partial charge in [0.1, 0.15) is 11.3 Å². The molecule has 0 fully saturated rings. The van der Waals surface area contributed by atoms with Crippen LogP contribution >= 0.6 is 0 Å². The molecule has 0 saturated carbocycles. The number of aryl methyl sites for hydroxylation is 2. The zero-order chi connectivity index (χ0) is 16.7. The lowest BCUT2D eigenvalue weighted by atomic mass is 10.1. The Bertz CT molecular complexity index is 1070. The summed E-state index contributed by atoms with van der Waals surface area (Å²) >= 11 is 0. The first-order valence-corrected chi connectivity index (χ1v) is 7.93. The summed E-state index contributed by atoms with van der Waals surface area (Å²) in [5.41, 5.74) is 4.06. The van der Waals surface area contributed by atoms with Crippen LogP contribution in [-0.4, -0.2) is 4.57 Å². The average molecular weight is 315 g/mol. The van der Waals surface area contributed by atoms with Crippen LogP contribution in [0.2, 0.25) is 0 Å². The minimum Gasteiger partial charge on any atom is -0.454 e. The van der Waals surface area contributed by atoms with Gasteiger partial charge in [0.05, 0.1) is 5.39 Å². The van der Waals surface area contributed by atoms with Crippen molar-refractivity contribution in [3.8, 4) is 17.0 Å². The lowest BCUT2D eigenvalue weighted by Crippen LogP contribution is -2.15. The summed E-state index contributed by atoms with van der Waals surface area (Å²) in [6.45, 7) is 3.99. The summed E-state index contributed by atoms with van der Waals surface area (Å²) in [6, 6.07) is 21.2. The van der Waals surface area contributed by atoms with Crippen LogP contribution in [0.1, 0.15) is 11.4 Å². The molecule has 0 atom stereocenters. The second-order valence-corrected chi connectivity index (χ2v) is 5.92. The Morgan fingerprint density at radius 1 is 0.792 bits per heavy atom. The predicted molar refractivity (Wildman–Crippen MR) is 96.7 cm³/mol. The standard InChI is InChI=1S/C21H17NO2/c1-14-12-13-15(2)22(14)19-20(23)17-10-6-7-11-18(17)24-21(19)16-8-4-3-5-9-16/h3-13H,1-2H3. The molecule has 3 nitrogen and oxygen atoms in total. The van der Waals surface area contributed by atoms with E-state index in [1.165, 1.54) is 0 Å². The summed E-state index contributed by atoms with van der Waals surface area (Å²) in [5.74, 6) is 0.599. The molecule has 0 aliphatic rings. The molecule has 0 spiro atoms. The minimum atomic E-state index is -0.0156. The molecule has 0 bridgehead atoms. The van der Waals surface area contributed by atoms with Gasteiger partial charge in [0.25, 0.3) is 0 Å². The quantitative estimate of drug-likeness (QED) is 0.529. The van der Waals surface area contributed by atoms with E-state index in [-0.39, 0.29) is 5.43 Å². The van der Waals surface area contributed by atoms with Crippen LogP contribution < -0.4 is 5.43 Å². The average Bonchev–Trinajstić information content (AvgIpc) is 2.94. The van der Waals surface area contributed by atoms with Crippen LogP contribution in [0.4, 0.5) is 0 Å². The van der Waals surface area contributed by atoms with Crippen molar-refractivity contribution in [1.82, 2.24) is 4.57 Å². The van der Waals surface area contributed by atoms with Gasteiger partial charge in [-0.1, -0.05) is 42.5 Å². The Morgan fingerprint density at radius 2 is 1.42 bits per heavy atom. The first-order valence-electron chi connectivity index (χ1n) is 7.93. The molecule has 4 rings (SSSR count). The Morgan fingerprint density at radius 3 is 2.12 bits per heavy atom. The van der Waals surface area contributed by atoms with Crippen LogP contribution in [0.5, 0.6) is 0 Å². The number of fused-ring (bicyclic) bond motifs is 1. The SMILES string of the molecule is Cc1ccc(C)n1-c1c(-c2ccccc2)oc2ccccc2c1=O. The van der Waals surface area contributed by atoms with Gasteiger partial charge in [0, 0.05) is 17.0 Å². The molecule has 118 valence electrons. The molecular weight excluding hydrogens is 298 g/mol. The zero-order valence-corrected chi connectivity index (χ0v) is 13.6. The lowest BCUT2D eigenvalue weighted by molar-refractivity contribution is 0.612. The van der Waals surface area contributed by atoms with E-state index in [0.717, 1.165) is 17.0 Å². The second kappa shape index (κ2) is 5.53. The third-order valence-electron chi connectivity index (χ3n) is 4.30. The molecule has 0 amide bonds. The van der Waals surface area contributed by atoms with E-state index in [0.29, 0.717) is 22.4 Å². The fourth-order valence-electron chi connectivity index (χ4n) is 3.14. The van der Waals surface area contributed by atoms with Gasteiger partial charge in [0.2, 0.25) is 5.43 Å². The van der Waals surface area contributed by atoms with Gasteiger partial charge >= 0.3 is 0 Å². The molecule has 0 radical (unpaired) electrons. The topological polar surface area (TPSA) is 35.1 Å². The van der Waals surface area contributed by atoms with E-state index in [1.807, 2.05) is 85.1 Å². The first-order chi connectivity index (χ1) is 11.7. The van der Waals surface area contributed by atoms with E-state index < -0.39 is 0 Å². The number of hydrogen-bond acceptors (Lipinski definition) is 2. The Balaban J connectivity index is 2.18. The van der Waals surface area contributed by atoms with Crippen molar-refractivity contribution in [2.75, 3.05) is 0 Å². The molecule has 2 aromatic heterocycles. The highest BCUT2D eigenvalue weighted by molar-refractivity contribution is 5.83. The maximum Gasteiger partial charge on any atom is 0.217 e. The van der Waals surface area contributed by atoms with Crippen molar-refractivity contribution in [2.24, 2.45) is 0 Å². The third kappa shape index (κ3) is 2.17. The van der Waals surface area contributed by atoms with Gasteiger partial charge in [-0.25, -0.2) is 0 Å². The van der Waals surface area contributed by atoms with Crippen LogP contribution in [0, 0.1) is 13.8 Å². The van der Waals surface area contributed by atoms with E-state index >= 15 is 0 Å². The number of aromatic nitrogens is 1. The summed E-state index contributed by atoms with van der Waals surface area (Å²) in [6.07, 6.45) is 0. The van der Waals surface area contributed by atoms with Crippen molar-refractivity contribution >= 4 is 11.0 Å². The molecule has 0 saturated heterocycles. The van der Waals surface area contributed by atoms with Gasteiger partial charge in [-0.2, -0.15) is 0 Å². The predicted octanol–water partition coefficient (Wildman–Crippen LogP) is 4.87. The van der Waals surface area contributed by atoms with Gasteiger partial charge in [0.15, 0.2) is 5.76 Å². The molecule has 3 heteroatoms. The molecular formula is C21H17NO2. The molecule has 24 heavy (non-hydrogen) atoms. The highest BCUT2D eigenvalue weighted by Gasteiger charge is 2.19. The summed E-state index contributed by atoms with van der Waals surface area (Å²) < 4.78 is 8.15. The lowest BCUT2D eigenvalue weighted by Gasteiger charge is -2.14. The monoisotopic (exact) mass is 315 g/mol. The molecule has 0 aliphatic carbocycles. The number of nitrogens with zero attached hydrogens (tertiary/aromatic N) is 1. The zero-order valence-electron chi connectivity index (χ0n) is 13.6. The molecule has 2 heterocycles. The van der Waals surface area contributed by atoms with E-state index in [1.54, 1.807) is 0 Å². The molecule has 4 aromatic rings. The maximum absolute atomic E-state index is 13.2. The van der Waals surface area contributed by atoms with Gasteiger partial charge in [-0.15, -0.1) is 0 Å². The normalized spacial score (nSPS) is 11.1.